The summed E-state index contributed by atoms with van der Waals surface area (Å²) in [6.45, 7) is 3.72. The molecule has 0 spiro atoms. The van der Waals surface area contributed by atoms with Gasteiger partial charge in [0.1, 0.15) is 11.6 Å². The fourth-order valence-electron chi connectivity index (χ4n) is 0.865. The monoisotopic (exact) mass is 199 g/mol. The number of aromatic amines is 1. The van der Waals surface area contributed by atoms with Gasteiger partial charge < -0.3 is 10.7 Å². The molecule has 0 radical (unpaired) electrons. The molecule has 0 unspecified atom stereocenters. The van der Waals surface area contributed by atoms with Crippen LogP contribution in [-0.4, -0.2) is 15.7 Å². The molecule has 0 fully saturated rings. The number of anilines is 1. The number of nitrogen functional groups attached to an aromatic ring is 1. The largest absolute Gasteiger partial charge is 0.383 e. The van der Waals surface area contributed by atoms with Crippen molar-refractivity contribution in [3.8, 4) is 0 Å². The van der Waals surface area contributed by atoms with Crippen molar-refractivity contribution < 1.29 is 0 Å². The summed E-state index contributed by atoms with van der Waals surface area (Å²) in [4.78, 5) is 18.0. The number of nitrogens with two attached hydrogens (primary N) is 1. The Kier molecular flexibility index (Phi) is 3.36. The Bertz CT molecular complexity index is 348. The van der Waals surface area contributed by atoms with Crippen LogP contribution in [0.5, 0.6) is 0 Å². The molecule has 1 aromatic heterocycles. The van der Waals surface area contributed by atoms with Crippen LogP contribution >= 0.6 is 11.8 Å². The van der Waals surface area contributed by atoms with Gasteiger partial charge in [-0.3, -0.25) is 4.79 Å². The Morgan fingerprint density at radius 3 is 2.85 bits per heavy atom. The second-order valence-corrected chi connectivity index (χ2v) is 3.93. The summed E-state index contributed by atoms with van der Waals surface area (Å²) in [6, 6.07) is 0. The van der Waals surface area contributed by atoms with Gasteiger partial charge in [0.15, 0.2) is 0 Å². The van der Waals surface area contributed by atoms with E-state index in [1.165, 1.54) is 0 Å². The lowest BCUT2D eigenvalue weighted by molar-refractivity contribution is 0.988. The summed E-state index contributed by atoms with van der Waals surface area (Å²) in [6.07, 6.45) is 0. The molecule has 0 aliphatic heterocycles. The second kappa shape index (κ2) is 4.32. The normalized spacial score (nSPS) is 10.3. The smallest absolute Gasteiger partial charge is 0.255 e. The van der Waals surface area contributed by atoms with Crippen LogP contribution < -0.4 is 11.3 Å². The number of thioether (sulfide) groups is 1. The van der Waals surface area contributed by atoms with Crippen LogP contribution in [0.15, 0.2) is 4.79 Å². The van der Waals surface area contributed by atoms with Gasteiger partial charge in [0.05, 0.1) is 11.3 Å². The van der Waals surface area contributed by atoms with Crippen LogP contribution in [-0.2, 0) is 5.75 Å². The van der Waals surface area contributed by atoms with Gasteiger partial charge in [-0.15, -0.1) is 0 Å². The lowest BCUT2D eigenvalue weighted by Gasteiger charge is -2.02. The maximum Gasteiger partial charge on any atom is 0.255 e. The molecule has 0 bridgehead atoms. The first-order chi connectivity index (χ1) is 6.15. The highest BCUT2D eigenvalue weighted by Crippen LogP contribution is 2.08. The third kappa shape index (κ3) is 2.48. The molecule has 0 atom stereocenters. The number of aromatic nitrogens is 2. The Morgan fingerprint density at radius 1 is 1.62 bits per heavy atom. The third-order valence-electron chi connectivity index (χ3n) is 1.68. The number of H-pyrrole nitrogens is 1. The first-order valence-corrected chi connectivity index (χ1v) is 5.23. The van der Waals surface area contributed by atoms with Gasteiger partial charge in [0.2, 0.25) is 0 Å². The summed E-state index contributed by atoms with van der Waals surface area (Å²) in [5, 5.41) is 0. The van der Waals surface area contributed by atoms with Gasteiger partial charge in [0.25, 0.3) is 5.56 Å². The standard InChI is InChI=1S/C8H13N3OS/c1-3-13-4-6-10-7(9)5(2)8(12)11-6/h3-4H2,1-2H3,(H3,9,10,11,12). The Labute approximate surface area is 81.0 Å². The number of hydrogen-bond acceptors (Lipinski definition) is 4. The fourth-order valence-corrected chi connectivity index (χ4v) is 1.40. The van der Waals surface area contributed by atoms with Crippen molar-refractivity contribution in [2.75, 3.05) is 11.5 Å². The Morgan fingerprint density at radius 2 is 2.31 bits per heavy atom. The van der Waals surface area contributed by atoms with Crippen molar-refractivity contribution >= 4 is 17.6 Å². The van der Waals surface area contributed by atoms with Gasteiger partial charge in [-0.2, -0.15) is 11.8 Å². The van der Waals surface area contributed by atoms with Crippen molar-refractivity contribution in [3.63, 3.8) is 0 Å². The van der Waals surface area contributed by atoms with Crippen LogP contribution in [0.1, 0.15) is 18.3 Å². The first-order valence-electron chi connectivity index (χ1n) is 4.08. The van der Waals surface area contributed by atoms with Gasteiger partial charge in [-0.25, -0.2) is 4.98 Å². The summed E-state index contributed by atoms with van der Waals surface area (Å²) >= 11 is 1.70. The van der Waals surface area contributed by atoms with E-state index >= 15 is 0 Å². The number of nitrogens with zero attached hydrogens (tertiary/aromatic N) is 1. The van der Waals surface area contributed by atoms with Crippen LogP contribution in [0.3, 0.4) is 0 Å². The first kappa shape index (κ1) is 10.1. The van der Waals surface area contributed by atoms with Gasteiger partial charge in [-0.1, -0.05) is 6.92 Å². The predicted octanol–water partition coefficient (Wildman–Crippen LogP) is 0.914. The maximum atomic E-state index is 11.2. The van der Waals surface area contributed by atoms with Crippen molar-refractivity contribution in [1.29, 1.82) is 0 Å². The highest BCUT2D eigenvalue weighted by atomic mass is 32.2. The molecular weight excluding hydrogens is 186 g/mol. The molecular formula is C8H13N3OS. The molecule has 1 heterocycles. The van der Waals surface area contributed by atoms with E-state index in [2.05, 4.69) is 16.9 Å². The van der Waals surface area contributed by atoms with Crippen LogP contribution in [0.25, 0.3) is 0 Å². The molecule has 13 heavy (non-hydrogen) atoms. The van der Waals surface area contributed by atoms with Crippen LogP contribution in [0.4, 0.5) is 5.82 Å². The molecule has 5 heteroatoms. The van der Waals surface area contributed by atoms with Crippen molar-refractivity contribution in [2.24, 2.45) is 0 Å². The van der Waals surface area contributed by atoms with E-state index in [0.29, 0.717) is 23.0 Å². The topological polar surface area (TPSA) is 71.8 Å². The van der Waals surface area contributed by atoms with Crippen molar-refractivity contribution in [1.82, 2.24) is 9.97 Å². The van der Waals surface area contributed by atoms with Crippen molar-refractivity contribution in [3.05, 3.63) is 21.7 Å². The minimum atomic E-state index is -0.140. The van der Waals surface area contributed by atoms with E-state index in [0.717, 1.165) is 5.75 Å². The van der Waals surface area contributed by atoms with Gasteiger partial charge in [0, 0.05) is 0 Å². The van der Waals surface area contributed by atoms with E-state index in [4.69, 9.17) is 5.73 Å². The Hall–Kier alpha value is -0.970. The molecule has 1 aromatic rings. The average Bonchev–Trinajstić information content (AvgIpc) is 2.10. The highest BCUT2D eigenvalue weighted by molar-refractivity contribution is 7.98. The Balaban J connectivity index is 2.93. The van der Waals surface area contributed by atoms with E-state index in [1.54, 1.807) is 18.7 Å². The lowest BCUT2D eigenvalue weighted by Crippen LogP contribution is -2.16. The molecule has 0 saturated heterocycles. The fraction of sp³-hybridized carbons (Fsp3) is 0.500. The van der Waals surface area contributed by atoms with Crippen LogP contribution in [0, 0.1) is 6.92 Å². The molecule has 72 valence electrons. The predicted molar refractivity (Wildman–Crippen MR) is 55.8 cm³/mol. The SMILES string of the molecule is CCSCc1nc(N)c(C)c(=O)[nH]1. The number of hydrogen-bond donors (Lipinski definition) is 2. The molecule has 1 rings (SSSR count). The van der Waals surface area contributed by atoms with Gasteiger partial charge >= 0.3 is 0 Å². The van der Waals surface area contributed by atoms with E-state index in [-0.39, 0.29) is 5.56 Å². The zero-order valence-electron chi connectivity index (χ0n) is 7.76. The molecule has 0 aromatic carbocycles. The lowest BCUT2D eigenvalue weighted by atomic mass is 10.3. The summed E-state index contributed by atoms with van der Waals surface area (Å²) < 4.78 is 0. The van der Waals surface area contributed by atoms with E-state index in [1.807, 2.05) is 0 Å². The molecule has 4 nitrogen and oxygen atoms in total. The second-order valence-electron chi connectivity index (χ2n) is 2.66. The average molecular weight is 199 g/mol. The quantitative estimate of drug-likeness (QED) is 0.759. The van der Waals surface area contributed by atoms with Crippen molar-refractivity contribution in [2.45, 2.75) is 19.6 Å². The maximum absolute atomic E-state index is 11.2. The number of rotatable bonds is 3. The molecule has 3 N–H and O–H groups in total. The number of nitrogens with one attached hydrogen (secondary N) is 1. The minimum absolute atomic E-state index is 0.140. The molecule has 0 saturated carbocycles. The molecule has 0 aliphatic carbocycles. The molecule has 0 aliphatic rings. The van der Waals surface area contributed by atoms with Gasteiger partial charge in [-0.05, 0) is 12.7 Å². The van der Waals surface area contributed by atoms with Crippen LogP contribution in [0.2, 0.25) is 0 Å². The summed E-state index contributed by atoms with van der Waals surface area (Å²) in [5.74, 6) is 2.68. The summed E-state index contributed by atoms with van der Waals surface area (Å²) in [5.41, 5.74) is 5.90. The minimum Gasteiger partial charge on any atom is -0.383 e. The third-order valence-corrected chi connectivity index (χ3v) is 2.57. The zero-order chi connectivity index (χ0) is 9.84. The van der Waals surface area contributed by atoms with E-state index in [9.17, 15) is 4.79 Å². The van der Waals surface area contributed by atoms with E-state index < -0.39 is 0 Å². The summed E-state index contributed by atoms with van der Waals surface area (Å²) in [7, 11) is 0. The zero-order valence-corrected chi connectivity index (χ0v) is 8.57. The molecule has 0 amide bonds. The highest BCUT2D eigenvalue weighted by Gasteiger charge is 2.03.